The molecule has 1 aliphatic rings. The summed E-state index contributed by atoms with van der Waals surface area (Å²) in [5, 5.41) is 0. The molecule has 0 saturated heterocycles. The number of nitrogens with zero attached hydrogens (tertiary/aromatic N) is 2. The number of amides is 1. The number of rotatable bonds is 6. The number of anilines is 2. The van der Waals surface area contributed by atoms with Crippen LogP contribution >= 0.6 is 0 Å². The minimum absolute atomic E-state index is 0.0472. The van der Waals surface area contributed by atoms with E-state index in [1.54, 1.807) is 19.1 Å². The van der Waals surface area contributed by atoms with Crippen LogP contribution in [0.15, 0.2) is 12.1 Å². The number of hydrogen-bond acceptors (Lipinski definition) is 6. The molecule has 7 nitrogen and oxygen atoms in total. The third kappa shape index (κ3) is 3.60. The third-order valence-corrected chi connectivity index (χ3v) is 3.90. The Labute approximate surface area is 142 Å². The second-order valence-corrected chi connectivity index (χ2v) is 6.25. The molecule has 2 heterocycles. The maximum absolute atomic E-state index is 12.8. The van der Waals surface area contributed by atoms with Gasteiger partial charge in [-0.25, -0.2) is 9.78 Å². The summed E-state index contributed by atoms with van der Waals surface area (Å²) in [6.45, 7) is 7.76. The lowest BCUT2D eigenvalue weighted by molar-refractivity contribution is -0.147. The molecule has 0 spiro atoms. The molecule has 1 aromatic rings. The smallest absolute Gasteiger partial charge is 0.329 e. The number of hydrogen-bond donors (Lipinski definition) is 1. The molecule has 2 rings (SSSR count). The molecule has 7 heteroatoms. The minimum Gasteiger partial charge on any atom is -0.476 e. The fourth-order valence-electron chi connectivity index (χ4n) is 2.48. The predicted octanol–water partition coefficient (Wildman–Crippen LogP) is 2.15. The van der Waals surface area contributed by atoms with E-state index in [9.17, 15) is 9.59 Å². The van der Waals surface area contributed by atoms with Gasteiger partial charge in [-0.15, -0.1) is 0 Å². The summed E-state index contributed by atoms with van der Waals surface area (Å²) >= 11 is 0. The Hall–Kier alpha value is -2.31. The van der Waals surface area contributed by atoms with E-state index in [-0.39, 0.29) is 23.5 Å². The van der Waals surface area contributed by atoms with E-state index in [1.807, 2.05) is 20.8 Å². The van der Waals surface area contributed by atoms with Gasteiger partial charge in [-0.3, -0.25) is 9.69 Å². The van der Waals surface area contributed by atoms with Crippen molar-refractivity contribution in [2.45, 2.75) is 52.7 Å². The zero-order valence-electron chi connectivity index (χ0n) is 14.6. The van der Waals surface area contributed by atoms with Crippen molar-refractivity contribution in [2.75, 3.05) is 17.2 Å². The Morgan fingerprint density at radius 2 is 2.12 bits per heavy atom. The summed E-state index contributed by atoms with van der Waals surface area (Å²) < 4.78 is 11.0. The largest absolute Gasteiger partial charge is 0.476 e. The number of ether oxygens (including phenoxy) is 2. The third-order valence-electron chi connectivity index (χ3n) is 3.90. The van der Waals surface area contributed by atoms with Crippen LogP contribution < -0.4 is 15.4 Å². The Kier molecular flexibility index (Phi) is 5.64. The highest BCUT2D eigenvalue weighted by Gasteiger charge is 2.42. The fraction of sp³-hybridized carbons (Fsp3) is 0.588. The molecule has 0 aromatic carbocycles. The van der Waals surface area contributed by atoms with Crippen LogP contribution in [0, 0.1) is 5.92 Å². The minimum atomic E-state index is -0.799. The molecule has 0 aliphatic carbocycles. The molecular formula is C17H25N3O4. The first kappa shape index (κ1) is 18.0. The molecule has 1 aromatic heterocycles. The van der Waals surface area contributed by atoms with Crippen molar-refractivity contribution in [1.29, 1.82) is 0 Å². The molecular weight excluding hydrogens is 310 g/mol. The molecule has 0 saturated carbocycles. The molecule has 2 N–H and O–H groups in total. The molecule has 132 valence electrons. The molecule has 1 amide bonds. The van der Waals surface area contributed by atoms with Crippen LogP contribution in [-0.2, 0) is 14.3 Å². The number of esters is 1. The van der Waals surface area contributed by atoms with Crippen molar-refractivity contribution in [3.05, 3.63) is 12.1 Å². The van der Waals surface area contributed by atoms with E-state index in [0.717, 1.165) is 12.8 Å². The molecule has 24 heavy (non-hydrogen) atoms. The van der Waals surface area contributed by atoms with Crippen molar-refractivity contribution >= 4 is 23.5 Å². The van der Waals surface area contributed by atoms with Gasteiger partial charge in [0.25, 0.3) is 5.91 Å². The van der Waals surface area contributed by atoms with Crippen LogP contribution in [-0.4, -0.2) is 35.6 Å². The average Bonchev–Trinajstić information content (AvgIpc) is 2.53. The number of nitrogens with two attached hydrogens (primary N) is 1. The maximum Gasteiger partial charge on any atom is 0.329 e. The summed E-state index contributed by atoms with van der Waals surface area (Å²) in [7, 11) is 0. The molecule has 0 radical (unpaired) electrons. The summed E-state index contributed by atoms with van der Waals surface area (Å²) in [5.41, 5.74) is 5.74. The highest BCUT2D eigenvalue weighted by atomic mass is 16.5. The Bertz CT molecular complexity index is 618. The van der Waals surface area contributed by atoms with Crippen LogP contribution in [0.2, 0.25) is 0 Å². The molecule has 2 atom stereocenters. The van der Waals surface area contributed by atoms with Gasteiger partial charge >= 0.3 is 5.97 Å². The SMILES string of the molecule is CCCCOC(=O)C(C)N1C(=O)C(C(C)C)Oc2ccc(N)nc21. The number of unbranched alkanes of at least 4 members (excludes halogenated alkanes) is 1. The predicted molar refractivity (Wildman–Crippen MR) is 90.7 cm³/mol. The highest BCUT2D eigenvalue weighted by Crippen LogP contribution is 2.36. The van der Waals surface area contributed by atoms with Gasteiger partial charge < -0.3 is 15.2 Å². The number of carbonyl (C=O) groups excluding carboxylic acids is 2. The zero-order chi connectivity index (χ0) is 17.9. The quantitative estimate of drug-likeness (QED) is 0.632. The van der Waals surface area contributed by atoms with E-state index in [0.29, 0.717) is 12.4 Å². The van der Waals surface area contributed by atoms with Crippen LogP contribution in [0.25, 0.3) is 0 Å². The summed E-state index contributed by atoms with van der Waals surface area (Å²) in [5.74, 6) is 0.137. The van der Waals surface area contributed by atoms with Crippen molar-refractivity contribution in [2.24, 2.45) is 5.92 Å². The van der Waals surface area contributed by atoms with Crippen molar-refractivity contribution < 1.29 is 19.1 Å². The first-order valence-electron chi connectivity index (χ1n) is 8.29. The van der Waals surface area contributed by atoms with Crippen LogP contribution in [0.4, 0.5) is 11.6 Å². The van der Waals surface area contributed by atoms with Gasteiger partial charge in [-0.1, -0.05) is 27.2 Å². The first-order valence-corrected chi connectivity index (χ1v) is 8.29. The lowest BCUT2D eigenvalue weighted by Gasteiger charge is -2.37. The van der Waals surface area contributed by atoms with Gasteiger partial charge in [0.05, 0.1) is 6.61 Å². The number of pyridine rings is 1. The van der Waals surface area contributed by atoms with E-state index >= 15 is 0 Å². The van der Waals surface area contributed by atoms with Crippen molar-refractivity contribution in [3.63, 3.8) is 0 Å². The lowest BCUT2D eigenvalue weighted by Crippen LogP contribution is -2.54. The van der Waals surface area contributed by atoms with Gasteiger partial charge in [0.1, 0.15) is 11.9 Å². The second-order valence-electron chi connectivity index (χ2n) is 6.25. The van der Waals surface area contributed by atoms with Crippen LogP contribution in [0.5, 0.6) is 5.75 Å². The van der Waals surface area contributed by atoms with Gasteiger partial charge in [-0.05, 0) is 31.4 Å². The van der Waals surface area contributed by atoms with E-state index in [1.165, 1.54) is 4.90 Å². The highest BCUT2D eigenvalue weighted by molar-refractivity contribution is 6.03. The maximum atomic E-state index is 12.8. The zero-order valence-corrected chi connectivity index (χ0v) is 14.6. The van der Waals surface area contributed by atoms with Gasteiger partial charge in [0.2, 0.25) is 0 Å². The fourth-order valence-corrected chi connectivity index (χ4v) is 2.48. The van der Waals surface area contributed by atoms with E-state index in [4.69, 9.17) is 15.2 Å². The van der Waals surface area contributed by atoms with Gasteiger partial charge in [0.15, 0.2) is 17.7 Å². The van der Waals surface area contributed by atoms with Crippen LogP contribution in [0.3, 0.4) is 0 Å². The summed E-state index contributed by atoms with van der Waals surface area (Å²) in [4.78, 5) is 30.7. The average molecular weight is 335 g/mol. The van der Waals surface area contributed by atoms with Gasteiger partial charge in [-0.2, -0.15) is 0 Å². The molecule has 2 unspecified atom stereocenters. The van der Waals surface area contributed by atoms with Crippen molar-refractivity contribution in [3.8, 4) is 5.75 Å². The number of fused-ring (bicyclic) bond motifs is 1. The monoisotopic (exact) mass is 335 g/mol. The summed E-state index contributed by atoms with van der Waals surface area (Å²) in [6, 6.07) is 2.48. The van der Waals surface area contributed by atoms with Gasteiger partial charge in [0, 0.05) is 0 Å². The standard InChI is InChI=1S/C17H25N3O4/c1-5-6-9-23-17(22)11(4)20-15-12(7-8-13(18)19-15)24-14(10(2)3)16(20)21/h7-8,10-11,14H,5-6,9H2,1-4H3,(H2,18,19). The summed E-state index contributed by atoms with van der Waals surface area (Å²) in [6.07, 6.45) is 1.04. The number of nitrogen functional groups attached to an aromatic ring is 1. The van der Waals surface area contributed by atoms with E-state index in [2.05, 4.69) is 4.98 Å². The molecule has 1 aliphatic heterocycles. The molecule has 0 fully saturated rings. The topological polar surface area (TPSA) is 94.8 Å². The van der Waals surface area contributed by atoms with Crippen molar-refractivity contribution in [1.82, 2.24) is 4.98 Å². The normalized spacial score (nSPS) is 18.1. The first-order chi connectivity index (χ1) is 11.4. The number of carbonyl (C=O) groups is 2. The van der Waals surface area contributed by atoms with Crippen LogP contribution in [0.1, 0.15) is 40.5 Å². The Balaban J connectivity index is 2.33. The number of aromatic nitrogens is 1. The second kappa shape index (κ2) is 7.51. The lowest BCUT2D eigenvalue weighted by atomic mass is 10.0. The molecule has 0 bridgehead atoms. The Morgan fingerprint density at radius 1 is 1.42 bits per heavy atom. The van der Waals surface area contributed by atoms with E-state index < -0.39 is 18.1 Å². The Morgan fingerprint density at radius 3 is 2.75 bits per heavy atom.